The molecule has 0 spiro atoms. The Kier molecular flexibility index (Phi) is 10.0. The minimum atomic E-state index is -0.0993. The molecule has 8 aliphatic heterocycles. The predicted molar refractivity (Wildman–Crippen MR) is 339 cm³/mol. The summed E-state index contributed by atoms with van der Waals surface area (Å²) in [4.78, 5) is 15.8. The quantitative estimate of drug-likeness (QED) is 0.153. The van der Waals surface area contributed by atoms with E-state index < -0.39 is 0 Å². The highest BCUT2D eigenvalue weighted by molar-refractivity contribution is 7.02. The third-order valence-electron chi connectivity index (χ3n) is 19.2. The molecule has 0 fully saturated rings. The van der Waals surface area contributed by atoms with E-state index in [9.17, 15) is 0 Å². The topological polar surface area (TPSA) is 28.7 Å². The van der Waals surface area contributed by atoms with Crippen molar-refractivity contribution in [1.29, 1.82) is 0 Å². The largest absolute Gasteiger partial charge is 0.458 e. The van der Waals surface area contributed by atoms with Crippen molar-refractivity contribution in [2.75, 3.05) is 55.6 Å². The van der Waals surface area contributed by atoms with Crippen LogP contribution in [0, 0.1) is 0 Å². The van der Waals surface area contributed by atoms with Gasteiger partial charge in [-0.1, -0.05) is 121 Å². The third-order valence-corrected chi connectivity index (χ3v) is 19.2. The molecule has 0 radical (unpaired) electrons. The van der Waals surface area contributed by atoms with Gasteiger partial charge in [-0.3, -0.25) is 0 Å². The molecule has 10 aromatic carbocycles. The molecule has 0 saturated carbocycles. The van der Waals surface area contributed by atoms with Crippen molar-refractivity contribution in [1.82, 2.24) is 0 Å². The highest BCUT2D eigenvalue weighted by Gasteiger charge is 2.51. The van der Waals surface area contributed by atoms with Gasteiger partial charge < -0.3 is 34.1 Å². The maximum atomic E-state index is 7.93. The summed E-state index contributed by atoms with van der Waals surface area (Å²) >= 11 is 0. The minimum Gasteiger partial charge on any atom is -0.458 e. The molecule has 18 rings (SSSR count). The Labute approximate surface area is 475 Å². The molecule has 81 heavy (non-hydrogen) atoms. The lowest BCUT2D eigenvalue weighted by molar-refractivity contribution is 0.476. The number of nitrogens with zero attached hydrogens (tertiary/aromatic N) is 6. The first-order chi connectivity index (χ1) is 40.2. The zero-order chi connectivity index (χ0) is 52.9. The summed E-state index contributed by atoms with van der Waals surface area (Å²) in [5, 5.41) is 0. The number of para-hydroxylation sites is 6. The van der Waals surface area contributed by atoms with Gasteiger partial charge >= 0.3 is 0 Å². The highest BCUT2D eigenvalue weighted by Crippen LogP contribution is 2.56. The van der Waals surface area contributed by atoms with Gasteiger partial charge in [-0.25, -0.2) is 0 Å². The number of ether oxygens (including phenoxy) is 1. The minimum absolute atomic E-state index is 0.0269. The predicted octanol–water partition coefficient (Wildman–Crippen LogP) is 13.0. The van der Waals surface area contributed by atoms with Gasteiger partial charge in [-0.05, 0) is 180 Å². The van der Waals surface area contributed by atoms with Crippen LogP contribution in [-0.2, 0) is 25.7 Å². The van der Waals surface area contributed by atoms with E-state index in [1.165, 1.54) is 112 Å². The lowest BCUT2D eigenvalue weighted by Gasteiger charge is -2.50. The van der Waals surface area contributed by atoms with Crippen LogP contribution in [0.15, 0.2) is 206 Å². The first-order valence-electron chi connectivity index (χ1n) is 29.7. The van der Waals surface area contributed by atoms with Crippen molar-refractivity contribution in [3.8, 4) is 11.5 Å². The van der Waals surface area contributed by atoms with Crippen LogP contribution >= 0.6 is 0 Å². The summed E-state index contributed by atoms with van der Waals surface area (Å²) in [6.07, 6.45) is 8.67. The van der Waals surface area contributed by atoms with E-state index in [1.54, 1.807) is 0 Å². The molecule has 9 heteroatoms. The first kappa shape index (κ1) is 45.8. The monoisotopic (exact) mass is 1040 g/mol. The number of hydrogen-bond acceptors (Lipinski definition) is 7. The van der Waals surface area contributed by atoms with Crippen molar-refractivity contribution in [3.63, 3.8) is 0 Å². The van der Waals surface area contributed by atoms with E-state index in [2.05, 4.69) is 236 Å². The third kappa shape index (κ3) is 6.54. The molecular formula is C72H58B2N6O. The first-order valence-corrected chi connectivity index (χ1v) is 29.7. The molecule has 7 nitrogen and oxygen atoms in total. The second-order valence-corrected chi connectivity index (χ2v) is 23.4. The number of hydrogen-bond donors (Lipinski definition) is 0. The Balaban J connectivity index is 0.949. The van der Waals surface area contributed by atoms with Crippen LogP contribution < -0.4 is 66.9 Å². The fraction of sp³-hybridized carbons (Fsp3) is 0.167. The average molecular weight is 1040 g/mol. The van der Waals surface area contributed by atoms with E-state index in [-0.39, 0.29) is 13.4 Å². The van der Waals surface area contributed by atoms with E-state index in [0.717, 1.165) is 112 Å². The van der Waals surface area contributed by atoms with Gasteiger partial charge in [0.15, 0.2) is 0 Å². The Morgan fingerprint density at radius 2 is 0.765 bits per heavy atom. The van der Waals surface area contributed by atoms with Gasteiger partial charge in [-0.2, -0.15) is 0 Å². The molecule has 0 aliphatic carbocycles. The van der Waals surface area contributed by atoms with Gasteiger partial charge in [0.05, 0.1) is 5.69 Å². The van der Waals surface area contributed by atoms with E-state index >= 15 is 0 Å². The second kappa shape index (κ2) is 17.7. The molecule has 0 atom stereocenters. The van der Waals surface area contributed by atoms with Gasteiger partial charge in [0.2, 0.25) is 0 Å². The fourth-order valence-corrected chi connectivity index (χ4v) is 16.2. The molecule has 10 aromatic rings. The summed E-state index contributed by atoms with van der Waals surface area (Å²) < 4.78 is 7.93. The molecule has 8 heterocycles. The highest BCUT2D eigenvalue weighted by atomic mass is 16.5. The van der Waals surface area contributed by atoms with Gasteiger partial charge in [-0.15, -0.1) is 0 Å². The Bertz CT molecular complexity index is 4170. The normalized spacial score (nSPS) is 16.2. The van der Waals surface area contributed by atoms with Crippen LogP contribution in [-0.4, -0.2) is 39.6 Å². The lowest BCUT2D eigenvalue weighted by atomic mass is 9.30. The van der Waals surface area contributed by atoms with E-state index in [1.807, 2.05) is 0 Å². The summed E-state index contributed by atoms with van der Waals surface area (Å²) in [5.41, 5.74) is 31.4. The molecular weight excluding hydrogens is 986 g/mol. The summed E-state index contributed by atoms with van der Waals surface area (Å²) in [6.45, 7) is 4.21. The molecule has 0 aromatic heterocycles. The van der Waals surface area contributed by atoms with Crippen molar-refractivity contribution in [2.24, 2.45) is 0 Å². The van der Waals surface area contributed by atoms with Crippen LogP contribution in [0.5, 0.6) is 11.5 Å². The van der Waals surface area contributed by atoms with Crippen molar-refractivity contribution in [3.05, 3.63) is 229 Å². The zero-order valence-electron chi connectivity index (χ0n) is 45.4. The van der Waals surface area contributed by atoms with Crippen LogP contribution in [0.1, 0.15) is 47.9 Å². The number of fused-ring (bicyclic) bond motifs is 12. The summed E-state index contributed by atoms with van der Waals surface area (Å²) in [7, 11) is 0. The van der Waals surface area contributed by atoms with Gasteiger partial charge in [0.1, 0.15) is 11.5 Å². The van der Waals surface area contributed by atoms with Crippen LogP contribution in [0.2, 0.25) is 0 Å². The zero-order valence-corrected chi connectivity index (χ0v) is 45.4. The lowest BCUT2D eigenvalue weighted by Crippen LogP contribution is -2.65. The smallest absolute Gasteiger partial charge is 0.256 e. The molecule has 8 aliphatic rings. The van der Waals surface area contributed by atoms with Crippen molar-refractivity contribution >= 4 is 126 Å². The van der Waals surface area contributed by atoms with Crippen molar-refractivity contribution < 1.29 is 4.74 Å². The number of rotatable bonds is 6. The second-order valence-electron chi connectivity index (χ2n) is 23.4. The average Bonchev–Trinajstić information content (AvgIpc) is 1.78. The molecule has 388 valence electrons. The van der Waals surface area contributed by atoms with Gasteiger partial charge in [0.25, 0.3) is 13.4 Å². The molecule has 0 amide bonds. The van der Waals surface area contributed by atoms with Crippen LogP contribution in [0.3, 0.4) is 0 Å². The molecule has 0 N–H and O–H groups in total. The maximum absolute atomic E-state index is 7.93. The Morgan fingerprint density at radius 1 is 0.333 bits per heavy atom. The van der Waals surface area contributed by atoms with E-state index in [4.69, 9.17) is 4.74 Å². The molecule has 0 saturated heterocycles. The maximum Gasteiger partial charge on any atom is 0.256 e. The Hall–Kier alpha value is -9.07. The molecule has 0 bridgehead atoms. The number of benzene rings is 10. The van der Waals surface area contributed by atoms with Gasteiger partial charge in [0, 0.05) is 112 Å². The van der Waals surface area contributed by atoms with Crippen LogP contribution in [0.4, 0.5) is 79.6 Å². The number of anilines is 14. The van der Waals surface area contributed by atoms with Crippen molar-refractivity contribution in [2.45, 2.75) is 51.4 Å². The fourth-order valence-electron chi connectivity index (χ4n) is 16.2. The Morgan fingerprint density at radius 3 is 1.32 bits per heavy atom. The standard InChI is InChI=1S/C72H58B2N6O/c1-6-22-47(23-7-1)77(48-24-8-2-9-25-48)52-38-39-58-62(44-52)79(50-28-12-4-13-29-50)71-55-34-20-42-76-43-21-35-56(68(55)76)72-66(71)74(58)60-45-59-63(46-64(60)81-72)80(51-30-14-5-15-31-51)70-54-33-19-41-75-40-18-32-53(67(54)75)69-65(70)73(59)57-36-16-17-37-61(57)78(69)49-26-10-3-11-27-49/h1-17,22-31,36-39,44-46H,18-21,32-35,40-43H2. The van der Waals surface area contributed by atoms with E-state index in [0.29, 0.717) is 0 Å². The summed E-state index contributed by atoms with van der Waals surface area (Å²) in [5.74, 6) is 2.04. The SMILES string of the molecule is c1ccc(N(c2ccccc2)c2ccc3c(c2)N(c2ccccc2)c2c4c5c(c6c2B3c2cc3c(cc2O6)N(c2ccccc2)c2c6c7c(c8c2B3c2ccccc2N8c2ccccc2)CCCN7CCC6)CCCN5CCC4)cc1. The molecule has 0 unspecified atom stereocenters. The summed E-state index contributed by atoms with van der Waals surface area (Å²) in [6, 6.07) is 77.4. The van der Waals surface area contributed by atoms with Crippen LogP contribution in [0.25, 0.3) is 0 Å².